The van der Waals surface area contributed by atoms with Gasteiger partial charge in [0.1, 0.15) is 0 Å². The van der Waals surface area contributed by atoms with Gasteiger partial charge in [-0.15, -0.1) is 0 Å². The summed E-state index contributed by atoms with van der Waals surface area (Å²) in [6.45, 7) is 10.2. The van der Waals surface area contributed by atoms with Crippen molar-refractivity contribution in [1.82, 2.24) is 15.0 Å². The van der Waals surface area contributed by atoms with Gasteiger partial charge in [0, 0.05) is 16.7 Å². The molecule has 0 amide bonds. The second-order valence-electron chi connectivity index (χ2n) is 9.51. The third-order valence-corrected chi connectivity index (χ3v) is 6.89. The van der Waals surface area contributed by atoms with E-state index in [0.29, 0.717) is 17.5 Å². The summed E-state index contributed by atoms with van der Waals surface area (Å²) in [5.41, 5.74) is 8.36. The van der Waals surface area contributed by atoms with Gasteiger partial charge in [0.2, 0.25) is 0 Å². The van der Waals surface area contributed by atoms with E-state index < -0.39 is 0 Å². The van der Waals surface area contributed by atoms with Crippen LogP contribution in [0.5, 0.6) is 0 Å². The molecule has 6 rings (SSSR count). The number of hydrogen-bond donors (Lipinski definition) is 0. The lowest BCUT2D eigenvalue weighted by Gasteiger charge is -2.15. The summed E-state index contributed by atoms with van der Waals surface area (Å²) in [4.78, 5) is 14.7. The molecule has 0 saturated carbocycles. The summed E-state index contributed by atoms with van der Waals surface area (Å²) in [6.07, 6.45) is 3.81. The lowest BCUT2D eigenvalue weighted by Crippen LogP contribution is -2.00. The molecule has 0 aliphatic rings. The van der Waals surface area contributed by atoms with Crippen LogP contribution in [0.2, 0.25) is 0 Å². The van der Waals surface area contributed by atoms with Crippen LogP contribution in [-0.4, -0.2) is 15.0 Å². The lowest BCUT2D eigenvalue weighted by molar-refractivity contribution is 1.07. The van der Waals surface area contributed by atoms with Crippen molar-refractivity contribution in [2.75, 3.05) is 0 Å². The van der Waals surface area contributed by atoms with Crippen LogP contribution in [0.15, 0.2) is 122 Å². The van der Waals surface area contributed by atoms with E-state index in [1.54, 1.807) is 0 Å². The van der Waals surface area contributed by atoms with Gasteiger partial charge in [0.25, 0.3) is 0 Å². The zero-order chi connectivity index (χ0) is 26.8. The second-order valence-corrected chi connectivity index (χ2v) is 9.51. The predicted octanol–water partition coefficient (Wildman–Crippen LogP) is 9.29. The van der Waals surface area contributed by atoms with Crippen LogP contribution < -0.4 is 0 Å². The molecular formula is C36H27N3. The molecule has 5 aromatic carbocycles. The van der Waals surface area contributed by atoms with Gasteiger partial charge in [-0.05, 0) is 63.7 Å². The van der Waals surface area contributed by atoms with Gasteiger partial charge >= 0.3 is 0 Å². The molecule has 3 heteroatoms. The largest absolute Gasteiger partial charge is 0.208 e. The number of benzene rings is 5. The molecule has 1 heterocycles. The van der Waals surface area contributed by atoms with Crippen molar-refractivity contribution in [3.63, 3.8) is 0 Å². The van der Waals surface area contributed by atoms with Crippen molar-refractivity contribution < 1.29 is 0 Å². The quantitative estimate of drug-likeness (QED) is 0.228. The average Bonchev–Trinajstić information content (AvgIpc) is 3.00. The molecule has 0 aliphatic heterocycles. The topological polar surface area (TPSA) is 38.7 Å². The first kappa shape index (κ1) is 24.2. The molecule has 0 unspecified atom stereocenters. The Balaban J connectivity index is 1.58. The Morgan fingerprint density at radius 3 is 1.59 bits per heavy atom. The summed E-state index contributed by atoms with van der Waals surface area (Å²) < 4.78 is 0. The van der Waals surface area contributed by atoms with Gasteiger partial charge in [0.05, 0.1) is 0 Å². The summed E-state index contributed by atoms with van der Waals surface area (Å²) in [5.74, 6) is 1.94. The number of rotatable bonds is 6. The minimum atomic E-state index is 0.642. The molecule has 39 heavy (non-hydrogen) atoms. The standard InChI is InChI=1S/C36H27N3/c1-4-25-23-33(32-19-13-12-18-31(32)30(25)5-2)28-20-24(3)21-29(22-28)36-38-34(26-14-8-6-9-15-26)37-35(39-36)27-16-10-7-11-17-27/h4-23H,1-2H2,3H3. The predicted molar refractivity (Wildman–Crippen MR) is 164 cm³/mol. The van der Waals surface area contributed by atoms with Crippen molar-refractivity contribution in [2.24, 2.45) is 0 Å². The van der Waals surface area contributed by atoms with Crippen molar-refractivity contribution >= 4 is 22.9 Å². The van der Waals surface area contributed by atoms with E-state index in [0.717, 1.165) is 49.9 Å². The minimum Gasteiger partial charge on any atom is -0.208 e. The van der Waals surface area contributed by atoms with E-state index in [4.69, 9.17) is 15.0 Å². The maximum atomic E-state index is 4.95. The molecule has 0 aliphatic carbocycles. The Labute approximate surface area is 228 Å². The van der Waals surface area contributed by atoms with Crippen LogP contribution in [0, 0.1) is 6.92 Å². The third-order valence-electron chi connectivity index (χ3n) is 6.89. The molecule has 186 valence electrons. The van der Waals surface area contributed by atoms with E-state index >= 15 is 0 Å². The molecule has 3 nitrogen and oxygen atoms in total. The van der Waals surface area contributed by atoms with Crippen LogP contribution in [-0.2, 0) is 0 Å². The first-order valence-electron chi connectivity index (χ1n) is 12.9. The number of aryl methyl sites for hydroxylation is 1. The van der Waals surface area contributed by atoms with E-state index in [2.05, 4.69) is 68.6 Å². The molecule has 6 aromatic rings. The highest BCUT2D eigenvalue weighted by Crippen LogP contribution is 2.36. The van der Waals surface area contributed by atoms with Crippen molar-refractivity contribution in [3.8, 4) is 45.3 Å². The van der Waals surface area contributed by atoms with Crippen LogP contribution in [0.1, 0.15) is 16.7 Å². The Morgan fingerprint density at radius 1 is 0.513 bits per heavy atom. The Morgan fingerprint density at radius 2 is 1.03 bits per heavy atom. The second kappa shape index (κ2) is 10.3. The molecular weight excluding hydrogens is 474 g/mol. The molecule has 0 spiro atoms. The smallest absolute Gasteiger partial charge is 0.164 e. The Hall–Kier alpha value is -5.15. The van der Waals surface area contributed by atoms with Crippen molar-refractivity contribution in [3.05, 3.63) is 139 Å². The van der Waals surface area contributed by atoms with Crippen LogP contribution in [0.4, 0.5) is 0 Å². The average molecular weight is 502 g/mol. The van der Waals surface area contributed by atoms with Crippen molar-refractivity contribution in [2.45, 2.75) is 6.92 Å². The lowest BCUT2D eigenvalue weighted by atomic mass is 9.90. The highest BCUT2D eigenvalue weighted by Gasteiger charge is 2.15. The number of nitrogens with zero attached hydrogens (tertiary/aromatic N) is 3. The SMILES string of the molecule is C=Cc1cc(-c2cc(C)cc(-c3nc(-c4ccccc4)nc(-c4ccccc4)n3)c2)c2ccccc2c1C=C. The number of fused-ring (bicyclic) bond motifs is 1. The van der Waals surface area contributed by atoms with Crippen LogP contribution in [0.3, 0.4) is 0 Å². The zero-order valence-electron chi connectivity index (χ0n) is 21.8. The van der Waals surface area contributed by atoms with E-state index in [-0.39, 0.29) is 0 Å². The fraction of sp³-hybridized carbons (Fsp3) is 0.0278. The normalized spacial score (nSPS) is 10.9. The van der Waals surface area contributed by atoms with Gasteiger partial charge < -0.3 is 0 Å². The molecule has 0 N–H and O–H groups in total. The highest BCUT2D eigenvalue weighted by molar-refractivity contribution is 6.03. The molecule has 0 atom stereocenters. The summed E-state index contributed by atoms with van der Waals surface area (Å²) >= 11 is 0. The van der Waals surface area contributed by atoms with Crippen LogP contribution in [0.25, 0.3) is 68.2 Å². The fourth-order valence-corrected chi connectivity index (χ4v) is 5.06. The fourth-order valence-electron chi connectivity index (χ4n) is 5.06. The highest BCUT2D eigenvalue weighted by atomic mass is 15.0. The molecule has 0 saturated heterocycles. The first-order valence-corrected chi connectivity index (χ1v) is 12.9. The Kier molecular flexibility index (Phi) is 6.40. The van der Waals surface area contributed by atoms with Gasteiger partial charge in [-0.3, -0.25) is 0 Å². The van der Waals surface area contributed by atoms with Gasteiger partial charge in [0.15, 0.2) is 17.5 Å². The van der Waals surface area contributed by atoms with E-state index in [1.807, 2.05) is 72.8 Å². The maximum Gasteiger partial charge on any atom is 0.164 e. The van der Waals surface area contributed by atoms with Gasteiger partial charge in [-0.25, -0.2) is 15.0 Å². The monoisotopic (exact) mass is 501 g/mol. The molecule has 0 radical (unpaired) electrons. The number of hydrogen-bond acceptors (Lipinski definition) is 3. The van der Waals surface area contributed by atoms with E-state index in [9.17, 15) is 0 Å². The third kappa shape index (κ3) is 4.67. The Bertz CT molecular complexity index is 1780. The van der Waals surface area contributed by atoms with Crippen LogP contribution >= 0.6 is 0 Å². The van der Waals surface area contributed by atoms with E-state index in [1.165, 1.54) is 5.39 Å². The number of aromatic nitrogens is 3. The summed E-state index contributed by atoms with van der Waals surface area (Å²) in [7, 11) is 0. The molecule has 0 bridgehead atoms. The first-order chi connectivity index (χ1) is 19.1. The van der Waals surface area contributed by atoms with Crippen molar-refractivity contribution in [1.29, 1.82) is 0 Å². The summed E-state index contributed by atoms with van der Waals surface area (Å²) in [5, 5.41) is 2.32. The van der Waals surface area contributed by atoms with Gasteiger partial charge in [-0.2, -0.15) is 0 Å². The molecule has 0 fully saturated rings. The zero-order valence-corrected chi connectivity index (χ0v) is 21.8. The molecule has 1 aromatic heterocycles. The minimum absolute atomic E-state index is 0.642. The van der Waals surface area contributed by atoms with Gasteiger partial charge in [-0.1, -0.05) is 116 Å². The summed E-state index contributed by atoms with van der Waals surface area (Å²) in [6, 6.07) is 37.3. The maximum absolute atomic E-state index is 4.95.